The molecule has 0 fully saturated rings. The van der Waals surface area contributed by atoms with E-state index in [0.717, 1.165) is 34.0 Å². The van der Waals surface area contributed by atoms with Crippen molar-refractivity contribution in [2.24, 2.45) is 0 Å². The molecule has 2 heterocycles. The van der Waals surface area contributed by atoms with Gasteiger partial charge in [0.05, 0.1) is 18.8 Å². The monoisotopic (exact) mass is 407 g/mol. The van der Waals surface area contributed by atoms with Crippen molar-refractivity contribution >= 4 is 17.4 Å². The summed E-state index contributed by atoms with van der Waals surface area (Å²) in [4.78, 5) is 20.5. The number of rotatable bonds is 5. The number of carbonyl (C=O) groups is 1. The number of aromatic nitrogens is 1. The topological polar surface area (TPSA) is 54.5 Å². The van der Waals surface area contributed by atoms with Gasteiger partial charge in [-0.15, -0.1) is 11.3 Å². The zero-order chi connectivity index (χ0) is 20.2. The Bertz CT molecular complexity index is 980. The van der Waals surface area contributed by atoms with Crippen molar-refractivity contribution in [2.75, 3.05) is 13.2 Å². The maximum absolute atomic E-state index is 12.6. The number of fused-ring (bicyclic) bond motifs is 1. The fourth-order valence-corrected chi connectivity index (χ4v) is 4.48. The summed E-state index contributed by atoms with van der Waals surface area (Å²) < 4.78 is 5.51. The number of benzene rings is 2. The number of aryl methyl sites for hydroxylation is 1. The van der Waals surface area contributed by atoms with Crippen LogP contribution in [0.5, 0.6) is 5.75 Å². The van der Waals surface area contributed by atoms with Crippen molar-refractivity contribution < 1.29 is 9.53 Å². The number of thiazole rings is 1. The summed E-state index contributed by atoms with van der Waals surface area (Å²) in [5.74, 6) is 0.869. The molecule has 1 aliphatic rings. The van der Waals surface area contributed by atoms with Gasteiger partial charge in [-0.3, -0.25) is 0 Å². The van der Waals surface area contributed by atoms with E-state index in [4.69, 9.17) is 9.72 Å². The van der Waals surface area contributed by atoms with Crippen molar-refractivity contribution in [1.29, 1.82) is 0 Å². The zero-order valence-corrected chi connectivity index (χ0v) is 17.6. The Morgan fingerprint density at radius 3 is 2.66 bits per heavy atom. The highest BCUT2D eigenvalue weighted by Gasteiger charge is 2.24. The fraction of sp³-hybridized carbons (Fsp3) is 0.304. The van der Waals surface area contributed by atoms with E-state index < -0.39 is 0 Å². The summed E-state index contributed by atoms with van der Waals surface area (Å²) in [5, 5.41) is 4.03. The van der Waals surface area contributed by atoms with Gasteiger partial charge in [-0.2, -0.15) is 0 Å². The summed E-state index contributed by atoms with van der Waals surface area (Å²) in [7, 11) is 0. The third-order valence-electron chi connectivity index (χ3n) is 5.00. The molecule has 29 heavy (non-hydrogen) atoms. The molecule has 0 spiro atoms. The number of ether oxygens (including phenoxy) is 1. The minimum absolute atomic E-state index is 0.0211. The average molecular weight is 408 g/mol. The Labute approximate surface area is 175 Å². The van der Waals surface area contributed by atoms with Gasteiger partial charge in [0.15, 0.2) is 0 Å². The molecule has 3 aromatic rings. The zero-order valence-electron chi connectivity index (χ0n) is 16.8. The maximum Gasteiger partial charge on any atom is 0.318 e. The SMILES string of the molecule is CCOc1ccc(-c2nc3c(s2)CN(C(=O)NCc2ccc(C)cc2)CC3)cc1. The molecular formula is C23H25N3O2S. The van der Waals surface area contributed by atoms with E-state index in [1.165, 1.54) is 10.4 Å². The first-order valence-corrected chi connectivity index (χ1v) is 10.7. The molecule has 0 atom stereocenters. The third kappa shape index (κ3) is 4.59. The van der Waals surface area contributed by atoms with Gasteiger partial charge in [-0.05, 0) is 43.7 Å². The van der Waals surface area contributed by atoms with E-state index in [1.807, 2.05) is 36.1 Å². The number of carbonyl (C=O) groups excluding carboxylic acids is 1. The molecule has 0 aliphatic carbocycles. The Kier molecular flexibility index (Phi) is 5.81. The molecule has 6 heteroatoms. The number of hydrogen-bond acceptors (Lipinski definition) is 4. The minimum Gasteiger partial charge on any atom is -0.494 e. The maximum atomic E-state index is 12.6. The van der Waals surface area contributed by atoms with Crippen LogP contribution in [0.4, 0.5) is 4.79 Å². The summed E-state index contributed by atoms with van der Waals surface area (Å²) in [6.07, 6.45) is 0.792. The predicted octanol–water partition coefficient (Wildman–Crippen LogP) is 4.79. The molecule has 2 aromatic carbocycles. The molecule has 0 unspecified atom stereocenters. The lowest BCUT2D eigenvalue weighted by Crippen LogP contribution is -2.42. The van der Waals surface area contributed by atoms with Crippen molar-refractivity contribution in [3.05, 3.63) is 70.2 Å². The van der Waals surface area contributed by atoms with Gasteiger partial charge in [-0.25, -0.2) is 9.78 Å². The normalized spacial score (nSPS) is 13.1. The predicted molar refractivity (Wildman–Crippen MR) is 116 cm³/mol. The first-order chi connectivity index (χ1) is 14.1. The highest BCUT2D eigenvalue weighted by atomic mass is 32.1. The van der Waals surface area contributed by atoms with Gasteiger partial charge in [0, 0.05) is 30.0 Å². The van der Waals surface area contributed by atoms with E-state index in [0.29, 0.717) is 26.2 Å². The van der Waals surface area contributed by atoms with Crippen molar-refractivity contribution in [2.45, 2.75) is 33.4 Å². The van der Waals surface area contributed by atoms with Gasteiger partial charge in [0.1, 0.15) is 10.8 Å². The molecule has 0 saturated heterocycles. The number of nitrogens with one attached hydrogen (secondary N) is 1. The second kappa shape index (κ2) is 8.66. The molecule has 4 rings (SSSR count). The molecule has 5 nitrogen and oxygen atoms in total. The lowest BCUT2D eigenvalue weighted by atomic mass is 10.1. The number of nitrogens with zero attached hydrogens (tertiary/aromatic N) is 2. The number of urea groups is 1. The number of hydrogen-bond donors (Lipinski definition) is 1. The standard InChI is InChI=1S/C23H25N3O2S/c1-3-28-19-10-8-18(9-11-19)22-25-20-12-13-26(15-21(20)29-22)23(27)24-14-17-6-4-16(2)5-7-17/h4-11H,3,12-15H2,1-2H3,(H,24,27). The highest BCUT2D eigenvalue weighted by molar-refractivity contribution is 7.15. The summed E-state index contributed by atoms with van der Waals surface area (Å²) in [6.45, 7) is 6.55. The van der Waals surface area contributed by atoms with E-state index >= 15 is 0 Å². The van der Waals surface area contributed by atoms with Crippen LogP contribution in [0.2, 0.25) is 0 Å². The van der Waals surface area contributed by atoms with Crippen molar-refractivity contribution in [3.8, 4) is 16.3 Å². The second-order valence-corrected chi connectivity index (χ2v) is 8.25. The molecular weight excluding hydrogens is 382 g/mol. The minimum atomic E-state index is -0.0211. The molecule has 1 aromatic heterocycles. The Morgan fingerprint density at radius 1 is 1.17 bits per heavy atom. The third-order valence-corrected chi connectivity index (χ3v) is 6.13. The van der Waals surface area contributed by atoms with Gasteiger partial charge < -0.3 is 15.0 Å². The van der Waals surface area contributed by atoms with Crippen LogP contribution in [0.3, 0.4) is 0 Å². The molecule has 0 bridgehead atoms. The molecule has 2 amide bonds. The summed E-state index contributed by atoms with van der Waals surface area (Å²) in [6, 6.07) is 16.2. The lowest BCUT2D eigenvalue weighted by molar-refractivity contribution is 0.192. The Hall–Kier alpha value is -2.86. The van der Waals surface area contributed by atoms with Gasteiger partial charge >= 0.3 is 6.03 Å². The number of amides is 2. The van der Waals surface area contributed by atoms with Crippen LogP contribution in [-0.2, 0) is 19.5 Å². The first-order valence-electron chi connectivity index (χ1n) is 9.92. The molecule has 1 aliphatic heterocycles. The largest absolute Gasteiger partial charge is 0.494 e. The summed E-state index contributed by atoms with van der Waals surface area (Å²) >= 11 is 1.67. The van der Waals surface area contributed by atoms with Crippen LogP contribution < -0.4 is 10.1 Å². The Balaban J connectivity index is 1.39. The lowest BCUT2D eigenvalue weighted by Gasteiger charge is -2.26. The molecule has 0 saturated carbocycles. The average Bonchev–Trinajstić information content (AvgIpc) is 3.17. The molecule has 150 valence electrons. The molecule has 1 N–H and O–H groups in total. The van der Waals surface area contributed by atoms with Gasteiger partial charge in [-0.1, -0.05) is 29.8 Å². The van der Waals surface area contributed by atoms with Crippen LogP contribution in [-0.4, -0.2) is 29.1 Å². The van der Waals surface area contributed by atoms with Gasteiger partial charge in [0.25, 0.3) is 0 Å². The summed E-state index contributed by atoms with van der Waals surface area (Å²) in [5.41, 5.74) is 4.53. The van der Waals surface area contributed by atoms with Gasteiger partial charge in [0.2, 0.25) is 0 Å². The first kappa shape index (κ1) is 19.5. The van der Waals surface area contributed by atoms with E-state index in [2.05, 4.69) is 36.5 Å². The van der Waals surface area contributed by atoms with E-state index in [1.54, 1.807) is 11.3 Å². The van der Waals surface area contributed by atoms with Crippen molar-refractivity contribution in [1.82, 2.24) is 15.2 Å². The van der Waals surface area contributed by atoms with E-state index in [-0.39, 0.29) is 6.03 Å². The second-order valence-electron chi connectivity index (χ2n) is 7.16. The van der Waals surface area contributed by atoms with Crippen LogP contribution in [0.15, 0.2) is 48.5 Å². The Morgan fingerprint density at radius 2 is 1.93 bits per heavy atom. The quantitative estimate of drug-likeness (QED) is 0.662. The van der Waals surface area contributed by atoms with Crippen LogP contribution in [0, 0.1) is 6.92 Å². The van der Waals surface area contributed by atoms with Crippen LogP contribution in [0.1, 0.15) is 28.6 Å². The fourth-order valence-electron chi connectivity index (χ4n) is 3.35. The van der Waals surface area contributed by atoms with E-state index in [9.17, 15) is 4.79 Å². The van der Waals surface area contributed by atoms with Crippen LogP contribution >= 0.6 is 11.3 Å². The van der Waals surface area contributed by atoms with Crippen molar-refractivity contribution in [3.63, 3.8) is 0 Å². The smallest absolute Gasteiger partial charge is 0.318 e. The molecule has 0 radical (unpaired) electrons. The highest BCUT2D eigenvalue weighted by Crippen LogP contribution is 2.32. The van der Waals surface area contributed by atoms with Crippen LogP contribution in [0.25, 0.3) is 10.6 Å².